The quantitative estimate of drug-likeness (QED) is 0.913. The van der Waals surface area contributed by atoms with Gasteiger partial charge in [0.25, 0.3) is 0 Å². The second kappa shape index (κ2) is 4.47. The zero-order chi connectivity index (χ0) is 14.3. The molecule has 0 heterocycles. The number of methoxy groups -OCH3 is 1. The molecular weight excluding hydrogens is 266 g/mol. The topological polar surface area (TPSA) is 63.6 Å². The predicted molar refractivity (Wildman–Crippen MR) is 61.3 cm³/mol. The Morgan fingerprint density at radius 3 is 2.17 bits per heavy atom. The van der Waals surface area contributed by atoms with E-state index in [4.69, 9.17) is 4.74 Å². The maximum atomic E-state index is 14.0. The number of sulfone groups is 1. The number of aliphatic hydroxyl groups is 1. The number of hydrogen-bond acceptors (Lipinski definition) is 4. The second-order valence-corrected chi connectivity index (χ2v) is 6.37. The first-order valence-electron chi connectivity index (χ1n) is 4.99. The van der Waals surface area contributed by atoms with Crippen LogP contribution in [-0.2, 0) is 15.4 Å². The van der Waals surface area contributed by atoms with Crippen LogP contribution in [0.4, 0.5) is 8.78 Å². The highest BCUT2D eigenvalue weighted by atomic mass is 32.2. The lowest BCUT2D eigenvalue weighted by Gasteiger charge is -2.22. The van der Waals surface area contributed by atoms with Gasteiger partial charge in [0.05, 0.1) is 12.7 Å². The summed E-state index contributed by atoms with van der Waals surface area (Å²) in [5.41, 5.74) is -1.73. The van der Waals surface area contributed by atoms with Crippen LogP contribution < -0.4 is 4.74 Å². The molecule has 0 fully saturated rings. The fourth-order valence-corrected chi connectivity index (χ4v) is 2.41. The van der Waals surface area contributed by atoms with Crippen molar-refractivity contribution >= 4 is 9.84 Å². The monoisotopic (exact) mass is 280 g/mol. The fourth-order valence-electron chi connectivity index (χ4n) is 1.58. The summed E-state index contributed by atoms with van der Waals surface area (Å²) in [4.78, 5) is -1.06. The number of hydrogen-bond donors (Lipinski definition) is 1. The average Bonchev–Trinajstić information content (AvgIpc) is 2.13. The van der Waals surface area contributed by atoms with Gasteiger partial charge in [-0.25, -0.2) is 17.2 Å². The average molecular weight is 280 g/mol. The van der Waals surface area contributed by atoms with Crippen molar-refractivity contribution in [3.8, 4) is 5.75 Å². The van der Waals surface area contributed by atoms with E-state index in [2.05, 4.69) is 0 Å². The van der Waals surface area contributed by atoms with E-state index in [1.807, 2.05) is 0 Å². The van der Waals surface area contributed by atoms with Gasteiger partial charge < -0.3 is 9.84 Å². The molecule has 18 heavy (non-hydrogen) atoms. The van der Waals surface area contributed by atoms with Crippen LogP contribution in [0.3, 0.4) is 0 Å². The first-order chi connectivity index (χ1) is 8.00. The van der Waals surface area contributed by atoms with Crippen LogP contribution >= 0.6 is 0 Å². The Morgan fingerprint density at radius 2 is 1.83 bits per heavy atom. The minimum absolute atomic E-state index is 0.160. The molecule has 7 heteroatoms. The first kappa shape index (κ1) is 14.8. The molecule has 0 aliphatic carbocycles. The van der Waals surface area contributed by atoms with Gasteiger partial charge in [-0.05, 0) is 19.9 Å². The van der Waals surface area contributed by atoms with Crippen molar-refractivity contribution in [2.75, 3.05) is 13.4 Å². The molecule has 4 nitrogen and oxygen atoms in total. The zero-order valence-corrected chi connectivity index (χ0v) is 11.2. The summed E-state index contributed by atoms with van der Waals surface area (Å²) < 4.78 is 55.0. The predicted octanol–water partition coefficient (Wildman–Crippen LogP) is 1.60. The summed E-state index contributed by atoms with van der Waals surface area (Å²) in [5.74, 6) is -3.07. The Hall–Kier alpha value is -1.21. The highest BCUT2D eigenvalue weighted by Gasteiger charge is 2.31. The molecule has 1 aromatic rings. The third-order valence-corrected chi connectivity index (χ3v) is 3.48. The molecule has 102 valence electrons. The van der Waals surface area contributed by atoms with Gasteiger partial charge in [-0.2, -0.15) is 0 Å². The van der Waals surface area contributed by atoms with Crippen LogP contribution in [0.1, 0.15) is 19.4 Å². The van der Waals surface area contributed by atoms with Crippen molar-refractivity contribution in [2.24, 2.45) is 0 Å². The van der Waals surface area contributed by atoms with Gasteiger partial charge in [0, 0.05) is 11.8 Å². The Kier molecular flexibility index (Phi) is 3.69. The van der Waals surface area contributed by atoms with Crippen LogP contribution in [0.25, 0.3) is 0 Å². The zero-order valence-electron chi connectivity index (χ0n) is 10.4. The van der Waals surface area contributed by atoms with Gasteiger partial charge in [-0.15, -0.1) is 0 Å². The molecule has 0 spiro atoms. The normalized spacial score (nSPS) is 12.6. The summed E-state index contributed by atoms with van der Waals surface area (Å²) in [5, 5.41) is 9.78. The van der Waals surface area contributed by atoms with Crippen LogP contribution in [0.5, 0.6) is 5.75 Å². The Balaban J connectivity index is 3.77. The van der Waals surface area contributed by atoms with Crippen molar-refractivity contribution in [3.63, 3.8) is 0 Å². The van der Waals surface area contributed by atoms with E-state index in [1.165, 1.54) is 13.8 Å². The fraction of sp³-hybridized carbons (Fsp3) is 0.455. The van der Waals surface area contributed by atoms with Gasteiger partial charge in [0.2, 0.25) is 0 Å². The van der Waals surface area contributed by atoms with Crippen molar-refractivity contribution < 1.29 is 27.0 Å². The van der Waals surface area contributed by atoms with E-state index >= 15 is 0 Å². The lowest BCUT2D eigenvalue weighted by molar-refractivity contribution is 0.0742. The molecule has 0 aliphatic rings. The minimum Gasteiger partial charge on any atom is -0.493 e. The SMILES string of the molecule is COc1c(C(C)(C)O)cc(F)c(S(C)(=O)=O)c1F. The Labute approximate surface area is 104 Å². The highest BCUT2D eigenvalue weighted by molar-refractivity contribution is 7.90. The van der Waals surface area contributed by atoms with Gasteiger partial charge in [-0.1, -0.05) is 0 Å². The molecule has 0 aromatic heterocycles. The van der Waals surface area contributed by atoms with Gasteiger partial charge in [0.15, 0.2) is 21.4 Å². The highest BCUT2D eigenvalue weighted by Crippen LogP contribution is 2.36. The summed E-state index contributed by atoms with van der Waals surface area (Å²) in [6.45, 7) is 2.62. The van der Waals surface area contributed by atoms with E-state index in [0.29, 0.717) is 6.26 Å². The number of ether oxygens (including phenoxy) is 1. The molecule has 0 saturated heterocycles. The Bertz CT molecular complexity index is 574. The third-order valence-electron chi connectivity index (χ3n) is 2.37. The van der Waals surface area contributed by atoms with Crippen LogP contribution in [-0.4, -0.2) is 26.9 Å². The van der Waals surface area contributed by atoms with E-state index in [0.717, 1.165) is 13.2 Å². The molecular formula is C11H14F2O4S. The number of halogens is 2. The van der Waals surface area contributed by atoms with Crippen molar-refractivity contribution in [2.45, 2.75) is 24.3 Å². The maximum Gasteiger partial charge on any atom is 0.187 e. The molecule has 1 rings (SSSR count). The van der Waals surface area contributed by atoms with E-state index < -0.39 is 37.7 Å². The summed E-state index contributed by atoms with van der Waals surface area (Å²) in [6, 6.07) is 0.762. The standard InChI is InChI=1S/C11H14F2O4S/c1-11(2,14)6-5-7(12)10(18(4,15)16)8(13)9(6)17-3/h5,14H,1-4H3. The lowest BCUT2D eigenvalue weighted by Crippen LogP contribution is -2.19. The molecule has 0 unspecified atom stereocenters. The molecule has 0 bridgehead atoms. The van der Waals surface area contributed by atoms with E-state index in [-0.39, 0.29) is 5.56 Å². The molecule has 0 atom stereocenters. The summed E-state index contributed by atoms with van der Waals surface area (Å²) in [6.07, 6.45) is 0.692. The molecule has 1 N–H and O–H groups in total. The molecule has 1 aromatic carbocycles. The lowest BCUT2D eigenvalue weighted by atomic mass is 9.97. The van der Waals surface area contributed by atoms with Gasteiger partial charge >= 0.3 is 0 Å². The van der Waals surface area contributed by atoms with Crippen molar-refractivity contribution in [1.82, 2.24) is 0 Å². The van der Waals surface area contributed by atoms with Gasteiger partial charge in [0.1, 0.15) is 10.7 Å². The van der Waals surface area contributed by atoms with Crippen LogP contribution in [0.2, 0.25) is 0 Å². The summed E-state index contributed by atoms with van der Waals surface area (Å²) in [7, 11) is -2.96. The van der Waals surface area contributed by atoms with E-state index in [1.54, 1.807) is 0 Å². The summed E-state index contributed by atoms with van der Waals surface area (Å²) >= 11 is 0. The van der Waals surface area contributed by atoms with Gasteiger partial charge in [-0.3, -0.25) is 0 Å². The molecule has 0 radical (unpaired) electrons. The smallest absolute Gasteiger partial charge is 0.187 e. The first-order valence-corrected chi connectivity index (χ1v) is 6.88. The molecule has 0 saturated carbocycles. The third kappa shape index (κ3) is 2.62. The largest absolute Gasteiger partial charge is 0.493 e. The van der Waals surface area contributed by atoms with Crippen LogP contribution in [0, 0.1) is 11.6 Å². The molecule has 0 aliphatic heterocycles. The van der Waals surface area contributed by atoms with Crippen LogP contribution in [0.15, 0.2) is 11.0 Å². The Morgan fingerprint density at radius 1 is 1.33 bits per heavy atom. The maximum absolute atomic E-state index is 14.0. The van der Waals surface area contributed by atoms with Crippen molar-refractivity contribution in [1.29, 1.82) is 0 Å². The number of benzene rings is 1. The molecule has 0 amide bonds. The number of rotatable bonds is 3. The van der Waals surface area contributed by atoms with Crippen molar-refractivity contribution in [3.05, 3.63) is 23.3 Å². The minimum atomic E-state index is -4.07. The second-order valence-electron chi connectivity index (χ2n) is 4.41. The van der Waals surface area contributed by atoms with E-state index in [9.17, 15) is 22.3 Å².